The number of nitrogen functional groups attached to an aromatic ring is 1. The summed E-state index contributed by atoms with van der Waals surface area (Å²) in [4.78, 5) is 0. The van der Waals surface area contributed by atoms with Crippen molar-refractivity contribution in [1.82, 2.24) is 0 Å². The van der Waals surface area contributed by atoms with E-state index in [-0.39, 0.29) is 0 Å². The van der Waals surface area contributed by atoms with E-state index >= 15 is 0 Å². The van der Waals surface area contributed by atoms with Gasteiger partial charge in [0, 0.05) is 11.3 Å². The minimum atomic E-state index is 0.799. The molecule has 0 radical (unpaired) electrons. The summed E-state index contributed by atoms with van der Waals surface area (Å²) < 4.78 is 0. The highest BCUT2D eigenvalue weighted by Crippen LogP contribution is 2.40. The van der Waals surface area contributed by atoms with Crippen molar-refractivity contribution in [2.24, 2.45) is 0 Å². The molecule has 26 heavy (non-hydrogen) atoms. The Hall–Kier alpha value is -3.32. The maximum atomic E-state index is 6.27. The van der Waals surface area contributed by atoms with Crippen molar-refractivity contribution in [3.8, 4) is 33.4 Å². The van der Waals surface area contributed by atoms with Crippen LogP contribution in [0, 0.1) is 6.92 Å². The minimum Gasteiger partial charge on any atom is -0.398 e. The van der Waals surface area contributed by atoms with Crippen LogP contribution in [-0.4, -0.2) is 0 Å². The average molecular weight is 335 g/mol. The Morgan fingerprint density at radius 2 is 0.769 bits per heavy atom. The van der Waals surface area contributed by atoms with Gasteiger partial charge >= 0.3 is 0 Å². The Morgan fingerprint density at radius 1 is 0.423 bits per heavy atom. The summed E-state index contributed by atoms with van der Waals surface area (Å²) in [5.41, 5.74) is 15.5. The van der Waals surface area contributed by atoms with Crippen molar-refractivity contribution in [2.45, 2.75) is 6.92 Å². The molecule has 0 bridgehead atoms. The third-order valence-corrected chi connectivity index (χ3v) is 4.83. The fraction of sp³-hybridized carbons (Fsp3) is 0.0400. The number of aryl methyl sites for hydroxylation is 1. The van der Waals surface area contributed by atoms with Crippen LogP contribution in [0.3, 0.4) is 0 Å². The second kappa shape index (κ2) is 6.89. The van der Waals surface area contributed by atoms with E-state index in [0.29, 0.717) is 0 Å². The van der Waals surface area contributed by atoms with Gasteiger partial charge in [-0.2, -0.15) is 0 Å². The van der Waals surface area contributed by atoms with Crippen molar-refractivity contribution in [2.75, 3.05) is 5.73 Å². The fourth-order valence-corrected chi connectivity index (χ4v) is 3.52. The third kappa shape index (κ3) is 2.89. The third-order valence-electron chi connectivity index (χ3n) is 4.83. The SMILES string of the molecule is Cc1ccccc1-c1ccccc1-c1ccccc1-c1ccccc1N. The first-order valence-corrected chi connectivity index (χ1v) is 8.85. The van der Waals surface area contributed by atoms with Crippen LogP contribution in [0.25, 0.3) is 33.4 Å². The Labute approximate surface area is 154 Å². The molecule has 0 saturated heterocycles. The summed E-state index contributed by atoms with van der Waals surface area (Å²) in [6.45, 7) is 2.16. The molecule has 2 N–H and O–H groups in total. The van der Waals surface area contributed by atoms with Gasteiger partial charge in [-0.3, -0.25) is 0 Å². The fourth-order valence-electron chi connectivity index (χ4n) is 3.52. The normalized spacial score (nSPS) is 10.7. The number of nitrogens with two attached hydrogens (primary N) is 1. The molecule has 1 nitrogen and oxygen atoms in total. The molecule has 0 aromatic heterocycles. The Morgan fingerprint density at radius 3 is 1.27 bits per heavy atom. The lowest BCUT2D eigenvalue weighted by atomic mass is 9.88. The molecule has 4 aromatic carbocycles. The van der Waals surface area contributed by atoms with Gasteiger partial charge in [-0.25, -0.2) is 0 Å². The summed E-state index contributed by atoms with van der Waals surface area (Å²) in [6, 6.07) is 33.7. The summed E-state index contributed by atoms with van der Waals surface area (Å²) in [5.74, 6) is 0. The number of anilines is 1. The maximum absolute atomic E-state index is 6.27. The van der Waals surface area contributed by atoms with Gasteiger partial charge in [0.1, 0.15) is 0 Å². The van der Waals surface area contributed by atoms with Gasteiger partial charge in [0.25, 0.3) is 0 Å². The summed E-state index contributed by atoms with van der Waals surface area (Å²) in [5, 5.41) is 0. The number of para-hydroxylation sites is 1. The highest BCUT2D eigenvalue weighted by molar-refractivity contribution is 5.94. The van der Waals surface area contributed by atoms with Crippen LogP contribution in [0.1, 0.15) is 5.56 Å². The predicted octanol–water partition coefficient (Wildman–Crippen LogP) is 6.58. The second-order valence-corrected chi connectivity index (χ2v) is 6.49. The Kier molecular flexibility index (Phi) is 4.28. The zero-order valence-corrected chi connectivity index (χ0v) is 14.8. The molecule has 0 spiro atoms. The molecule has 0 atom stereocenters. The quantitative estimate of drug-likeness (QED) is 0.421. The lowest BCUT2D eigenvalue weighted by Crippen LogP contribution is -1.93. The largest absolute Gasteiger partial charge is 0.398 e. The first-order chi connectivity index (χ1) is 12.8. The van der Waals surface area contributed by atoms with Crippen LogP contribution in [-0.2, 0) is 0 Å². The second-order valence-electron chi connectivity index (χ2n) is 6.49. The van der Waals surface area contributed by atoms with E-state index in [2.05, 4.69) is 85.8 Å². The molecular formula is C25H21N. The van der Waals surface area contributed by atoms with E-state index in [9.17, 15) is 0 Å². The molecule has 0 aliphatic heterocycles. The highest BCUT2D eigenvalue weighted by Gasteiger charge is 2.13. The average Bonchev–Trinajstić information content (AvgIpc) is 2.69. The van der Waals surface area contributed by atoms with Gasteiger partial charge in [0.05, 0.1) is 0 Å². The van der Waals surface area contributed by atoms with Gasteiger partial charge < -0.3 is 5.73 Å². The first-order valence-electron chi connectivity index (χ1n) is 8.85. The van der Waals surface area contributed by atoms with Crippen molar-refractivity contribution in [1.29, 1.82) is 0 Å². The van der Waals surface area contributed by atoms with Crippen molar-refractivity contribution >= 4 is 5.69 Å². The molecule has 126 valence electrons. The molecule has 0 saturated carbocycles. The first kappa shape index (κ1) is 16.2. The lowest BCUT2D eigenvalue weighted by Gasteiger charge is -2.16. The molecule has 1 heteroatoms. The molecule has 4 rings (SSSR count). The molecule has 0 aliphatic rings. The molecule has 0 heterocycles. The summed E-state index contributed by atoms with van der Waals surface area (Å²) >= 11 is 0. The highest BCUT2D eigenvalue weighted by atomic mass is 14.6. The molecular weight excluding hydrogens is 314 g/mol. The van der Waals surface area contributed by atoms with Crippen LogP contribution in [0.2, 0.25) is 0 Å². The standard InChI is InChI=1S/C25H21N/c1-18-10-2-3-11-19(18)20-12-4-5-13-21(20)22-14-6-7-15-23(22)24-16-8-9-17-25(24)26/h2-17H,26H2,1H3. The van der Waals surface area contributed by atoms with Gasteiger partial charge in [-0.05, 0) is 46.4 Å². The van der Waals surface area contributed by atoms with Crippen LogP contribution in [0.4, 0.5) is 5.69 Å². The summed E-state index contributed by atoms with van der Waals surface area (Å²) in [7, 11) is 0. The molecule has 0 amide bonds. The van der Waals surface area contributed by atoms with E-state index in [1.807, 2.05) is 18.2 Å². The number of benzene rings is 4. The van der Waals surface area contributed by atoms with E-state index < -0.39 is 0 Å². The number of hydrogen-bond donors (Lipinski definition) is 1. The van der Waals surface area contributed by atoms with Gasteiger partial charge in [0.15, 0.2) is 0 Å². The maximum Gasteiger partial charge on any atom is 0.0393 e. The van der Waals surface area contributed by atoms with Gasteiger partial charge in [-0.1, -0.05) is 91.0 Å². The zero-order chi connectivity index (χ0) is 17.9. The van der Waals surface area contributed by atoms with Crippen LogP contribution in [0.15, 0.2) is 97.1 Å². The van der Waals surface area contributed by atoms with Crippen molar-refractivity contribution in [3.05, 3.63) is 103 Å². The van der Waals surface area contributed by atoms with E-state index in [0.717, 1.165) is 16.8 Å². The van der Waals surface area contributed by atoms with Crippen LogP contribution >= 0.6 is 0 Å². The monoisotopic (exact) mass is 335 g/mol. The van der Waals surface area contributed by atoms with Gasteiger partial charge in [0.2, 0.25) is 0 Å². The van der Waals surface area contributed by atoms with Crippen molar-refractivity contribution in [3.63, 3.8) is 0 Å². The number of hydrogen-bond acceptors (Lipinski definition) is 1. The number of rotatable bonds is 3. The van der Waals surface area contributed by atoms with E-state index in [4.69, 9.17) is 5.73 Å². The Bertz CT molecular complexity index is 976. The van der Waals surface area contributed by atoms with E-state index in [1.165, 1.54) is 27.8 Å². The molecule has 0 aliphatic carbocycles. The topological polar surface area (TPSA) is 26.0 Å². The zero-order valence-electron chi connectivity index (χ0n) is 14.8. The molecule has 0 unspecified atom stereocenters. The predicted molar refractivity (Wildman–Crippen MR) is 112 cm³/mol. The van der Waals surface area contributed by atoms with Crippen molar-refractivity contribution < 1.29 is 0 Å². The summed E-state index contributed by atoms with van der Waals surface area (Å²) in [6.07, 6.45) is 0. The lowest BCUT2D eigenvalue weighted by molar-refractivity contribution is 1.45. The van der Waals surface area contributed by atoms with Crippen LogP contribution < -0.4 is 5.73 Å². The Balaban J connectivity index is 1.97. The van der Waals surface area contributed by atoms with E-state index in [1.54, 1.807) is 0 Å². The van der Waals surface area contributed by atoms with Gasteiger partial charge in [-0.15, -0.1) is 0 Å². The minimum absolute atomic E-state index is 0.799. The van der Waals surface area contributed by atoms with Crippen LogP contribution in [0.5, 0.6) is 0 Å². The molecule has 4 aromatic rings. The smallest absolute Gasteiger partial charge is 0.0393 e. The molecule has 0 fully saturated rings.